The van der Waals surface area contributed by atoms with E-state index in [2.05, 4.69) is 36.1 Å². The fourth-order valence-corrected chi connectivity index (χ4v) is 6.77. The maximum Gasteiger partial charge on any atom is 0.227 e. The van der Waals surface area contributed by atoms with Crippen molar-refractivity contribution in [2.24, 2.45) is 23.7 Å². The van der Waals surface area contributed by atoms with Gasteiger partial charge in [-0.1, -0.05) is 56.2 Å². The predicted molar refractivity (Wildman–Crippen MR) is 104 cm³/mol. The van der Waals surface area contributed by atoms with E-state index in [0.29, 0.717) is 12.5 Å². The van der Waals surface area contributed by atoms with Gasteiger partial charge < -0.3 is 14.8 Å². The van der Waals surface area contributed by atoms with Gasteiger partial charge in [-0.05, 0) is 54.6 Å². The molecule has 148 valence electrons. The summed E-state index contributed by atoms with van der Waals surface area (Å²) in [6.45, 7) is 2.88. The first-order valence-corrected chi connectivity index (χ1v) is 10.8. The lowest BCUT2D eigenvalue weighted by Crippen LogP contribution is -2.54. The number of rotatable bonds is 2. The average molecular weight is 378 g/mol. The van der Waals surface area contributed by atoms with E-state index in [0.717, 1.165) is 38.5 Å². The van der Waals surface area contributed by atoms with E-state index in [-0.39, 0.29) is 23.3 Å². The van der Waals surface area contributed by atoms with Crippen LogP contribution in [0.5, 0.6) is 0 Å². The molecule has 5 rings (SSSR count). The summed E-state index contributed by atoms with van der Waals surface area (Å²) in [5.74, 6) is -1.72. The summed E-state index contributed by atoms with van der Waals surface area (Å²) in [4.78, 5) is 27.9. The number of aliphatic carboxylic acids is 1. The van der Waals surface area contributed by atoms with Gasteiger partial charge in [-0.25, -0.2) is 0 Å². The van der Waals surface area contributed by atoms with E-state index in [1.54, 1.807) is 0 Å². The van der Waals surface area contributed by atoms with Crippen LogP contribution >= 0.6 is 0 Å². The topological polar surface area (TPSA) is 60.4 Å². The molecule has 1 spiro atoms. The van der Waals surface area contributed by atoms with Crippen molar-refractivity contribution in [1.82, 2.24) is 4.90 Å². The number of hydrogen-bond donors (Lipinski definition) is 0. The minimum atomic E-state index is -1.06. The SMILES string of the molecule is C[C@H]1CC2(CCCC2)N(C(=O)[C@@H]2[C@H](C(=O)[O-])[C@H]3C=C[C@H]2C3)Cc2ccccc21. The minimum Gasteiger partial charge on any atom is -0.550 e. The molecule has 2 fully saturated rings. The summed E-state index contributed by atoms with van der Waals surface area (Å²) < 4.78 is 0. The van der Waals surface area contributed by atoms with Crippen LogP contribution in [0.25, 0.3) is 0 Å². The van der Waals surface area contributed by atoms with E-state index < -0.39 is 17.8 Å². The number of carbonyl (C=O) groups is 2. The van der Waals surface area contributed by atoms with Crippen LogP contribution in [0.2, 0.25) is 0 Å². The third kappa shape index (κ3) is 2.57. The Bertz CT molecular complexity index is 838. The van der Waals surface area contributed by atoms with Crippen molar-refractivity contribution >= 4 is 11.9 Å². The number of amides is 1. The zero-order valence-corrected chi connectivity index (χ0v) is 16.5. The van der Waals surface area contributed by atoms with Crippen molar-refractivity contribution in [2.45, 2.75) is 63.5 Å². The number of benzene rings is 1. The van der Waals surface area contributed by atoms with Crippen molar-refractivity contribution in [3.05, 3.63) is 47.5 Å². The molecule has 4 nitrogen and oxygen atoms in total. The zero-order valence-electron chi connectivity index (χ0n) is 16.5. The van der Waals surface area contributed by atoms with Crippen LogP contribution in [-0.2, 0) is 16.1 Å². The molecule has 1 aromatic rings. The summed E-state index contributed by atoms with van der Waals surface area (Å²) >= 11 is 0. The van der Waals surface area contributed by atoms with Gasteiger partial charge in [-0.3, -0.25) is 4.79 Å². The molecule has 4 heteroatoms. The summed E-state index contributed by atoms with van der Waals surface area (Å²) in [5, 5.41) is 11.9. The Kier molecular flexibility index (Phi) is 4.15. The number of carboxylic acids is 1. The van der Waals surface area contributed by atoms with Gasteiger partial charge in [0.2, 0.25) is 5.91 Å². The van der Waals surface area contributed by atoms with Crippen LogP contribution in [0.15, 0.2) is 36.4 Å². The van der Waals surface area contributed by atoms with Gasteiger partial charge in [0.05, 0.1) is 5.92 Å². The molecule has 4 aliphatic rings. The van der Waals surface area contributed by atoms with Crippen molar-refractivity contribution in [3.63, 3.8) is 0 Å². The Balaban J connectivity index is 1.55. The number of allylic oxidation sites excluding steroid dienone is 2. The monoisotopic (exact) mass is 378 g/mol. The maximum absolute atomic E-state index is 13.9. The molecule has 28 heavy (non-hydrogen) atoms. The first kappa shape index (κ1) is 18.0. The van der Waals surface area contributed by atoms with E-state index in [1.807, 2.05) is 12.1 Å². The Morgan fingerprint density at radius 2 is 1.75 bits per heavy atom. The highest BCUT2D eigenvalue weighted by molar-refractivity contribution is 5.87. The van der Waals surface area contributed by atoms with Gasteiger partial charge in [0.1, 0.15) is 0 Å². The Morgan fingerprint density at radius 1 is 1.07 bits per heavy atom. The standard InChI is InChI=1S/C24H29NO3/c1-15-13-24(10-4-5-11-24)25(14-18-6-2-3-7-19(15)18)22(26)20-16-8-9-17(12-16)21(20)23(27)28/h2-3,6-9,15-17,20-21H,4-5,10-14H2,1H3,(H,27,28)/p-1/t15-,16-,17-,20-,21+/m0/s1. The van der Waals surface area contributed by atoms with Gasteiger partial charge >= 0.3 is 0 Å². The minimum absolute atomic E-state index is 0.0401. The van der Waals surface area contributed by atoms with Crippen LogP contribution in [0, 0.1) is 23.7 Å². The molecule has 1 aromatic carbocycles. The van der Waals surface area contributed by atoms with Crippen LogP contribution in [0.4, 0.5) is 0 Å². The molecule has 0 unspecified atom stereocenters. The second-order valence-corrected chi connectivity index (χ2v) is 9.48. The first-order valence-electron chi connectivity index (χ1n) is 10.8. The number of nitrogens with zero attached hydrogens (tertiary/aromatic N) is 1. The fraction of sp³-hybridized carbons (Fsp3) is 0.583. The Hall–Kier alpha value is -2.10. The highest BCUT2D eigenvalue weighted by Crippen LogP contribution is 2.52. The van der Waals surface area contributed by atoms with Crippen molar-refractivity contribution in [3.8, 4) is 0 Å². The van der Waals surface area contributed by atoms with Crippen molar-refractivity contribution < 1.29 is 14.7 Å². The fourth-order valence-electron chi connectivity index (χ4n) is 6.77. The van der Waals surface area contributed by atoms with Crippen LogP contribution in [-0.4, -0.2) is 22.3 Å². The summed E-state index contributed by atoms with van der Waals surface area (Å²) in [6.07, 6.45) is 10.2. The molecular weight excluding hydrogens is 350 g/mol. The van der Waals surface area contributed by atoms with E-state index in [1.165, 1.54) is 11.1 Å². The quantitative estimate of drug-likeness (QED) is 0.743. The lowest BCUT2D eigenvalue weighted by atomic mass is 9.79. The molecule has 5 atom stereocenters. The molecule has 1 aliphatic heterocycles. The molecule has 1 amide bonds. The number of hydrogen-bond acceptors (Lipinski definition) is 3. The molecule has 2 saturated carbocycles. The van der Waals surface area contributed by atoms with Gasteiger partial charge in [0.15, 0.2) is 0 Å². The number of carboxylic acid groups (broad SMARTS) is 1. The van der Waals surface area contributed by atoms with E-state index >= 15 is 0 Å². The molecule has 3 aliphatic carbocycles. The first-order chi connectivity index (χ1) is 13.5. The largest absolute Gasteiger partial charge is 0.550 e. The van der Waals surface area contributed by atoms with Crippen LogP contribution in [0.3, 0.4) is 0 Å². The maximum atomic E-state index is 13.9. The van der Waals surface area contributed by atoms with Crippen LogP contribution < -0.4 is 5.11 Å². The third-order valence-electron chi connectivity index (χ3n) is 7.99. The smallest absolute Gasteiger partial charge is 0.227 e. The second-order valence-electron chi connectivity index (χ2n) is 9.48. The van der Waals surface area contributed by atoms with Crippen LogP contribution in [0.1, 0.15) is 62.5 Å². The molecule has 0 aromatic heterocycles. The summed E-state index contributed by atoms with van der Waals surface area (Å²) in [6, 6.07) is 8.46. The highest BCUT2D eigenvalue weighted by atomic mass is 16.4. The normalized spacial score (nSPS) is 35.2. The molecular formula is C24H28NO3-. The predicted octanol–water partition coefficient (Wildman–Crippen LogP) is 3.02. The van der Waals surface area contributed by atoms with E-state index in [4.69, 9.17) is 0 Å². The molecule has 2 bridgehead atoms. The zero-order chi connectivity index (χ0) is 19.5. The third-order valence-corrected chi connectivity index (χ3v) is 7.99. The van der Waals surface area contributed by atoms with E-state index in [9.17, 15) is 14.7 Å². The molecule has 0 N–H and O–H groups in total. The summed E-state index contributed by atoms with van der Waals surface area (Å²) in [5.41, 5.74) is 2.43. The lowest BCUT2D eigenvalue weighted by Gasteiger charge is -2.44. The molecule has 0 radical (unpaired) electrons. The molecule has 0 saturated heterocycles. The lowest BCUT2D eigenvalue weighted by molar-refractivity contribution is -0.313. The number of carbonyl (C=O) groups excluding carboxylic acids is 2. The number of fused-ring (bicyclic) bond motifs is 3. The average Bonchev–Trinajstić information content (AvgIpc) is 3.40. The van der Waals surface area contributed by atoms with Gasteiger partial charge in [-0.2, -0.15) is 0 Å². The Morgan fingerprint density at radius 3 is 2.46 bits per heavy atom. The van der Waals surface area contributed by atoms with Gasteiger partial charge in [-0.15, -0.1) is 0 Å². The summed E-state index contributed by atoms with van der Waals surface area (Å²) in [7, 11) is 0. The van der Waals surface area contributed by atoms with Gasteiger partial charge in [0, 0.05) is 24.0 Å². The Labute approximate surface area is 166 Å². The van der Waals surface area contributed by atoms with Crippen molar-refractivity contribution in [1.29, 1.82) is 0 Å². The molecule has 1 heterocycles. The van der Waals surface area contributed by atoms with Crippen molar-refractivity contribution in [2.75, 3.05) is 0 Å². The second kappa shape index (κ2) is 6.47. The highest BCUT2D eigenvalue weighted by Gasteiger charge is 2.53. The van der Waals surface area contributed by atoms with Gasteiger partial charge in [0.25, 0.3) is 0 Å².